The second kappa shape index (κ2) is 6.19. The number of hydrogen-bond donors (Lipinski definition) is 3. The number of fused-ring (bicyclic) bond motifs is 1. The molecule has 124 valence electrons. The molecule has 2 rings (SSSR count). The normalized spacial score (nSPS) is 26.0. The fourth-order valence-electron chi connectivity index (χ4n) is 2.76. The highest BCUT2D eigenvalue weighted by Crippen LogP contribution is 2.46. The molecule has 1 fully saturated rings. The van der Waals surface area contributed by atoms with Crippen LogP contribution in [0.15, 0.2) is 10.6 Å². The number of amides is 1. The quantitative estimate of drug-likeness (QED) is 0.405. The number of carbonyl (C=O) groups is 2. The average molecular weight is 350 g/mol. The van der Waals surface area contributed by atoms with Gasteiger partial charge in [0, 0.05) is 23.6 Å². The lowest BCUT2D eigenvalue weighted by molar-refractivity contribution is -0.161. The number of rotatable bonds is 7. The molecule has 1 amide bonds. The van der Waals surface area contributed by atoms with Crippen LogP contribution in [0.4, 0.5) is 0 Å². The van der Waals surface area contributed by atoms with E-state index >= 15 is 0 Å². The van der Waals surface area contributed by atoms with E-state index in [1.54, 1.807) is 0 Å². The van der Waals surface area contributed by atoms with Crippen molar-refractivity contribution in [1.29, 1.82) is 0 Å². The number of carbonyl (C=O) groups excluding carboxylic acids is 1. The number of hydrogen-bond acceptors (Lipinski definition) is 6. The first kappa shape index (κ1) is 17.3. The van der Waals surface area contributed by atoms with Crippen LogP contribution in [-0.2, 0) is 19.6 Å². The molecule has 0 aromatic carbocycles. The van der Waals surface area contributed by atoms with Crippen molar-refractivity contribution in [2.24, 2.45) is 5.92 Å². The molecule has 0 unspecified atom stereocenters. The smallest absolute Gasteiger partial charge is 0.353 e. The topological polar surface area (TPSA) is 124 Å². The Morgan fingerprint density at radius 2 is 2.18 bits per heavy atom. The van der Waals surface area contributed by atoms with Crippen LogP contribution in [-0.4, -0.2) is 66.1 Å². The van der Waals surface area contributed by atoms with Gasteiger partial charge in [0.1, 0.15) is 5.70 Å². The standard InChI is InChI=1S/C12H18N2O6S2/c1-6(15)9-7-5-8(21-4-3-13-22(2,19)20)10(12(17)18)14(7)11(9)16/h6-7,9,13,15H,3-5H2,1-2H3,(H,17,18)/t6-,7-,9-/m1/s1. The van der Waals surface area contributed by atoms with Crippen LogP contribution in [0.5, 0.6) is 0 Å². The van der Waals surface area contributed by atoms with Crippen molar-refractivity contribution < 1.29 is 28.2 Å². The zero-order chi connectivity index (χ0) is 16.7. The maximum Gasteiger partial charge on any atom is 0.353 e. The summed E-state index contributed by atoms with van der Waals surface area (Å²) in [7, 11) is -3.28. The van der Waals surface area contributed by atoms with Crippen LogP contribution < -0.4 is 4.72 Å². The number of aliphatic carboxylic acids is 1. The summed E-state index contributed by atoms with van der Waals surface area (Å²) in [5.41, 5.74) is -0.0451. The maximum atomic E-state index is 12.0. The molecule has 2 heterocycles. The Hall–Kier alpha value is -1.10. The number of nitrogens with zero attached hydrogens (tertiary/aromatic N) is 1. The van der Waals surface area contributed by atoms with E-state index in [0.29, 0.717) is 17.1 Å². The predicted molar refractivity (Wildman–Crippen MR) is 80.4 cm³/mol. The molecule has 22 heavy (non-hydrogen) atoms. The SMILES string of the molecule is C[C@@H](O)[C@H]1C(=O)N2C(C(=O)O)=C(SCCNS(C)(=O)=O)C[C@H]12. The van der Waals surface area contributed by atoms with Gasteiger partial charge in [-0.05, 0) is 6.92 Å². The van der Waals surface area contributed by atoms with Gasteiger partial charge in [-0.2, -0.15) is 0 Å². The minimum atomic E-state index is -3.28. The Kier molecular flexibility index (Phi) is 4.85. The number of aliphatic hydroxyl groups excluding tert-OH is 1. The summed E-state index contributed by atoms with van der Waals surface area (Å²) in [5.74, 6) is -1.75. The molecular formula is C12H18N2O6S2. The molecule has 0 spiro atoms. The van der Waals surface area contributed by atoms with E-state index < -0.39 is 28.0 Å². The van der Waals surface area contributed by atoms with Gasteiger partial charge in [0.2, 0.25) is 15.9 Å². The number of sulfonamides is 1. The van der Waals surface area contributed by atoms with Crippen LogP contribution in [0.2, 0.25) is 0 Å². The first-order valence-electron chi connectivity index (χ1n) is 6.68. The molecule has 3 atom stereocenters. The number of β-lactam (4-membered cyclic amide) rings is 1. The molecule has 0 saturated carbocycles. The van der Waals surface area contributed by atoms with E-state index in [1.807, 2.05) is 0 Å². The van der Waals surface area contributed by atoms with E-state index in [0.717, 1.165) is 6.26 Å². The van der Waals surface area contributed by atoms with Crippen molar-refractivity contribution in [3.8, 4) is 0 Å². The molecule has 0 bridgehead atoms. The van der Waals surface area contributed by atoms with Gasteiger partial charge in [0.15, 0.2) is 0 Å². The van der Waals surface area contributed by atoms with E-state index in [1.165, 1.54) is 23.6 Å². The van der Waals surface area contributed by atoms with Crippen LogP contribution in [0.25, 0.3) is 0 Å². The third-order valence-electron chi connectivity index (χ3n) is 3.63. The predicted octanol–water partition coefficient (Wildman–Crippen LogP) is -0.823. The van der Waals surface area contributed by atoms with Gasteiger partial charge in [0.05, 0.1) is 24.3 Å². The Morgan fingerprint density at radius 3 is 2.68 bits per heavy atom. The summed E-state index contributed by atoms with van der Waals surface area (Å²) in [4.78, 5) is 25.1. The van der Waals surface area contributed by atoms with Gasteiger partial charge in [-0.15, -0.1) is 11.8 Å². The van der Waals surface area contributed by atoms with Gasteiger partial charge in [0.25, 0.3) is 0 Å². The van der Waals surface area contributed by atoms with Crippen molar-refractivity contribution in [3.05, 3.63) is 10.6 Å². The Morgan fingerprint density at radius 1 is 1.55 bits per heavy atom. The van der Waals surface area contributed by atoms with Gasteiger partial charge < -0.3 is 15.1 Å². The molecule has 1 saturated heterocycles. The number of carboxylic acids is 1. The minimum absolute atomic E-state index is 0.0451. The summed E-state index contributed by atoms with van der Waals surface area (Å²) >= 11 is 1.22. The molecule has 3 N–H and O–H groups in total. The second-order valence-electron chi connectivity index (χ2n) is 5.34. The van der Waals surface area contributed by atoms with Gasteiger partial charge in [-0.3, -0.25) is 4.79 Å². The first-order chi connectivity index (χ1) is 10.1. The zero-order valence-corrected chi connectivity index (χ0v) is 13.8. The van der Waals surface area contributed by atoms with Crippen molar-refractivity contribution in [1.82, 2.24) is 9.62 Å². The Labute approximate surface area is 132 Å². The summed E-state index contributed by atoms with van der Waals surface area (Å²) in [6.07, 6.45) is 0.611. The molecule has 0 radical (unpaired) electrons. The third kappa shape index (κ3) is 3.29. The third-order valence-corrected chi connectivity index (χ3v) is 5.48. The number of carboxylic acid groups (broad SMARTS) is 1. The molecule has 8 nitrogen and oxygen atoms in total. The van der Waals surface area contributed by atoms with E-state index in [9.17, 15) is 28.2 Å². The highest BCUT2D eigenvalue weighted by atomic mass is 32.2. The Bertz CT molecular complexity index is 628. The van der Waals surface area contributed by atoms with Crippen LogP contribution in [0, 0.1) is 5.92 Å². The summed E-state index contributed by atoms with van der Waals surface area (Å²) < 4.78 is 24.3. The molecule has 2 aliphatic heterocycles. The fourth-order valence-corrected chi connectivity index (χ4v) is 4.42. The monoisotopic (exact) mass is 350 g/mol. The molecule has 0 aromatic rings. The average Bonchev–Trinajstić information content (AvgIpc) is 2.67. The number of aliphatic hydroxyl groups is 1. The van der Waals surface area contributed by atoms with Crippen LogP contribution in [0.1, 0.15) is 13.3 Å². The lowest BCUT2D eigenvalue weighted by atomic mass is 9.83. The van der Waals surface area contributed by atoms with E-state index in [2.05, 4.69) is 4.72 Å². The molecule has 2 aliphatic rings. The molecule has 0 aromatic heterocycles. The van der Waals surface area contributed by atoms with E-state index in [-0.39, 0.29) is 24.2 Å². The summed E-state index contributed by atoms with van der Waals surface area (Å²) in [6, 6.07) is -0.316. The van der Waals surface area contributed by atoms with Crippen molar-refractivity contribution in [2.75, 3.05) is 18.6 Å². The maximum absolute atomic E-state index is 12.0. The molecule has 10 heteroatoms. The van der Waals surface area contributed by atoms with E-state index in [4.69, 9.17) is 0 Å². The number of nitrogens with one attached hydrogen (secondary N) is 1. The van der Waals surface area contributed by atoms with Gasteiger partial charge >= 0.3 is 5.97 Å². The lowest BCUT2D eigenvalue weighted by Crippen LogP contribution is -2.61. The minimum Gasteiger partial charge on any atom is -0.477 e. The highest BCUT2D eigenvalue weighted by molar-refractivity contribution is 8.03. The zero-order valence-electron chi connectivity index (χ0n) is 12.1. The molecular weight excluding hydrogens is 332 g/mol. The Balaban J connectivity index is 2.04. The summed E-state index contributed by atoms with van der Waals surface area (Å²) in [5, 5.41) is 18.9. The summed E-state index contributed by atoms with van der Waals surface area (Å²) in [6.45, 7) is 1.69. The van der Waals surface area contributed by atoms with Gasteiger partial charge in [-0.25, -0.2) is 17.9 Å². The van der Waals surface area contributed by atoms with Crippen LogP contribution in [0.3, 0.4) is 0 Å². The van der Waals surface area contributed by atoms with Crippen LogP contribution >= 0.6 is 11.8 Å². The second-order valence-corrected chi connectivity index (χ2v) is 8.36. The first-order valence-corrected chi connectivity index (χ1v) is 9.56. The highest BCUT2D eigenvalue weighted by Gasteiger charge is 2.56. The van der Waals surface area contributed by atoms with Crippen molar-refractivity contribution in [3.63, 3.8) is 0 Å². The largest absolute Gasteiger partial charge is 0.477 e. The lowest BCUT2D eigenvalue weighted by Gasteiger charge is -2.44. The molecule has 0 aliphatic carbocycles. The van der Waals surface area contributed by atoms with Crippen molar-refractivity contribution >= 4 is 33.7 Å². The van der Waals surface area contributed by atoms with Gasteiger partial charge in [-0.1, -0.05) is 0 Å². The fraction of sp³-hybridized carbons (Fsp3) is 0.667. The number of thioether (sulfide) groups is 1. The van der Waals surface area contributed by atoms with Crippen molar-refractivity contribution in [2.45, 2.75) is 25.5 Å².